The van der Waals surface area contributed by atoms with Crippen LogP contribution in [0.15, 0.2) is 34.4 Å². The Balaban J connectivity index is 2.34. The number of hydrogen-bond acceptors (Lipinski definition) is 2. The van der Waals surface area contributed by atoms with Crippen LogP contribution in [0, 0.1) is 0 Å². The normalized spacial score (nSPS) is 17.8. The topological polar surface area (TPSA) is 49.4 Å². The lowest BCUT2D eigenvalue weighted by molar-refractivity contribution is -0.122. The van der Waals surface area contributed by atoms with Crippen molar-refractivity contribution in [2.45, 2.75) is 6.92 Å². The Labute approximate surface area is 107 Å². The van der Waals surface area contributed by atoms with Crippen molar-refractivity contribution in [2.24, 2.45) is 0 Å². The van der Waals surface area contributed by atoms with Gasteiger partial charge in [0.25, 0.3) is 5.91 Å². The number of amides is 3. The molecule has 1 heterocycles. The van der Waals surface area contributed by atoms with Gasteiger partial charge in [0, 0.05) is 11.0 Å². The lowest BCUT2D eigenvalue weighted by Crippen LogP contribution is -2.30. The fourth-order valence-electron chi connectivity index (χ4n) is 1.61. The molecule has 4 nitrogen and oxygen atoms in total. The number of imide groups is 1. The molecule has 2 rings (SSSR count). The second-order valence-electron chi connectivity index (χ2n) is 3.56. The molecule has 1 fully saturated rings. The van der Waals surface area contributed by atoms with E-state index in [1.54, 1.807) is 13.0 Å². The highest BCUT2D eigenvalue weighted by Crippen LogP contribution is 2.20. The second kappa shape index (κ2) is 4.71. The van der Waals surface area contributed by atoms with Crippen LogP contribution in [0.25, 0.3) is 6.08 Å². The quantitative estimate of drug-likeness (QED) is 0.672. The van der Waals surface area contributed by atoms with Gasteiger partial charge in [-0.25, -0.2) is 4.79 Å². The maximum Gasteiger partial charge on any atom is 0.328 e. The van der Waals surface area contributed by atoms with Gasteiger partial charge in [0.15, 0.2) is 0 Å². The van der Waals surface area contributed by atoms with Crippen molar-refractivity contribution in [1.82, 2.24) is 10.2 Å². The molecule has 17 heavy (non-hydrogen) atoms. The largest absolute Gasteiger partial charge is 0.328 e. The van der Waals surface area contributed by atoms with E-state index in [2.05, 4.69) is 21.2 Å². The summed E-state index contributed by atoms with van der Waals surface area (Å²) in [4.78, 5) is 24.4. The molecule has 1 aliphatic heterocycles. The number of nitrogens with one attached hydrogen (secondary N) is 1. The Morgan fingerprint density at radius 2 is 2.06 bits per heavy atom. The molecule has 3 amide bonds. The molecule has 0 unspecified atom stereocenters. The SMILES string of the molecule is CCN1C(=O)N/C(=C/c2ccccc2Br)C1=O. The molecular weight excluding hydrogens is 284 g/mol. The van der Waals surface area contributed by atoms with Gasteiger partial charge in [-0.05, 0) is 24.6 Å². The van der Waals surface area contributed by atoms with E-state index >= 15 is 0 Å². The van der Waals surface area contributed by atoms with Gasteiger partial charge in [0.05, 0.1) is 0 Å². The summed E-state index contributed by atoms with van der Waals surface area (Å²) >= 11 is 3.39. The summed E-state index contributed by atoms with van der Waals surface area (Å²) in [6.45, 7) is 2.14. The van der Waals surface area contributed by atoms with Gasteiger partial charge in [-0.3, -0.25) is 9.69 Å². The van der Waals surface area contributed by atoms with Crippen LogP contribution in [0.4, 0.5) is 4.79 Å². The minimum atomic E-state index is -0.365. The number of nitrogens with zero attached hydrogens (tertiary/aromatic N) is 1. The minimum absolute atomic E-state index is 0.284. The van der Waals surface area contributed by atoms with E-state index in [1.165, 1.54) is 4.90 Å². The molecule has 0 saturated carbocycles. The number of carbonyl (C=O) groups is 2. The van der Waals surface area contributed by atoms with Gasteiger partial charge >= 0.3 is 6.03 Å². The summed E-state index contributed by atoms with van der Waals surface area (Å²) in [5.74, 6) is -0.284. The number of urea groups is 1. The van der Waals surface area contributed by atoms with Crippen LogP contribution >= 0.6 is 15.9 Å². The Morgan fingerprint density at radius 1 is 1.35 bits per heavy atom. The molecule has 0 atom stereocenters. The fraction of sp³-hybridized carbons (Fsp3) is 0.167. The Morgan fingerprint density at radius 3 is 2.65 bits per heavy atom. The fourth-order valence-corrected chi connectivity index (χ4v) is 2.01. The van der Waals surface area contributed by atoms with Gasteiger partial charge in [0.2, 0.25) is 0 Å². The standard InChI is InChI=1S/C12H11BrN2O2/c1-2-15-11(16)10(14-12(15)17)7-8-5-3-4-6-9(8)13/h3-7H,2H2,1H3,(H,14,17)/b10-7+. The van der Waals surface area contributed by atoms with Crippen molar-refractivity contribution in [3.63, 3.8) is 0 Å². The van der Waals surface area contributed by atoms with Crippen molar-refractivity contribution in [3.8, 4) is 0 Å². The molecule has 0 aromatic heterocycles. The Kier molecular flexibility index (Phi) is 3.28. The molecule has 1 N–H and O–H groups in total. The van der Waals surface area contributed by atoms with Crippen molar-refractivity contribution >= 4 is 33.9 Å². The van der Waals surface area contributed by atoms with E-state index in [4.69, 9.17) is 0 Å². The molecule has 1 aromatic rings. The maximum atomic E-state index is 11.8. The molecule has 0 spiro atoms. The molecule has 0 aliphatic carbocycles. The van der Waals surface area contributed by atoms with E-state index in [1.807, 2.05) is 24.3 Å². The highest BCUT2D eigenvalue weighted by Gasteiger charge is 2.31. The number of hydrogen-bond donors (Lipinski definition) is 1. The molecule has 1 aromatic carbocycles. The van der Waals surface area contributed by atoms with E-state index in [-0.39, 0.29) is 11.9 Å². The van der Waals surface area contributed by atoms with Gasteiger partial charge < -0.3 is 5.32 Å². The third-order valence-electron chi connectivity index (χ3n) is 2.48. The first-order valence-electron chi connectivity index (χ1n) is 5.22. The maximum absolute atomic E-state index is 11.8. The number of halogens is 1. The molecule has 88 valence electrons. The van der Waals surface area contributed by atoms with Crippen molar-refractivity contribution in [1.29, 1.82) is 0 Å². The smallest absolute Gasteiger partial charge is 0.303 e. The van der Waals surface area contributed by atoms with Gasteiger partial charge in [-0.15, -0.1) is 0 Å². The predicted molar refractivity (Wildman–Crippen MR) is 68.0 cm³/mol. The second-order valence-corrected chi connectivity index (χ2v) is 4.41. The summed E-state index contributed by atoms with van der Waals surface area (Å²) in [6, 6.07) is 7.14. The van der Waals surface area contributed by atoms with Crippen LogP contribution in [-0.4, -0.2) is 23.4 Å². The zero-order valence-electron chi connectivity index (χ0n) is 9.24. The zero-order valence-corrected chi connectivity index (χ0v) is 10.8. The zero-order chi connectivity index (χ0) is 12.4. The van der Waals surface area contributed by atoms with Gasteiger partial charge in [0.1, 0.15) is 5.70 Å². The first kappa shape index (κ1) is 11.9. The van der Waals surface area contributed by atoms with Crippen LogP contribution in [0.1, 0.15) is 12.5 Å². The highest BCUT2D eigenvalue weighted by atomic mass is 79.9. The molecule has 1 aliphatic rings. The number of benzene rings is 1. The van der Waals surface area contributed by atoms with Crippen LogP contribution in [0.3, 0.4) is 0 Å². The van der Waals surface area contributed by atoms with Crippen LogP contribution < -0.4 is 5.32 Å². The van der Waals surface area contributed by atoms with Crippen molar-refractivity contribution < 1.29 is 9.59 Å². The molecule has 1 saturated heterocycles. The summed E-state index contributed by atoms with van der Waals surface area (Å²) in [5, 5.41) is 2.56. The number of rotatable bonds is 2. The lowest BCUT2D eigenvalue weighted by Gasteiger charge is -2.06. The minimum Gasteiger partial charge on any atom is -0.303 e. The van der Waals surface area contributed by atoms with Crippen LogP contribution in [0.5, 0.6) is 0 Å². The van der Waals surface area contributed by atoms with E-state index in [0.717, 1.165) is 10.0 Å². The summed E-state index contributed by atoms with van der Waals surface area (Å²) in [7, 11) is 0. The van der Waals surface area contributed by atoms with E-state index in [0.29, 0.717) is 12.2 Å². The predicted octanol–water partition coefficient (Wildman–Crippen LogP) is 2.36. The summed E-state index contributed by atoms with van der Waals surface area (Å²) in [6.07, 6.45) is 1.67. The van der Waals surface area contributed by atoms with Crippen LogP contribution in [-0.2, 0) is 4.79 Å². The van der Waals surface area contributed by atoms with Crippen LogP contribution in [0.2, 0.25) is 0 Å². The van der Waals surface area contributed by atoms with Gasteiger partial charge in [-0.1, -0.05) is 34.1 Å². The summed E-state index contributed by atoms with van der Waals surface area (Å²) < 4.78 is 0.879. The van der Waals surface area contributed by atoms with Crippen molar-refractivity contribution in [3.05, 3.63) is 40.0 Å². The molecule has 0 radical (unpaired) electrons. The third-order valence-corrected chi connectivity index (χ3v) is 3.21. The average Bonchev–Trinajstić information content (AvgIpc) is 2.57. The Bertz CT molecular complexity index is 511. The monoisotopic (exact) mass is 294 g/mol. The molecule has 5 heteroatoms. The average molecular weight is 295 g/mol. The first-order chi connectivity index (χ1) is 8.13. The molecule has 0 bridgehead atoms. The number of carbonyl (C=O) groups excluding carboxylic acids is 2. The Hall–Kier alpha value is -1.62. The lowest BCUT2D eigenvalue weighted by atomic mass is 10.2. The van der Waals surface area contributed by atoms with Crippen molar-refractivity contribution in [2.75, 3.05) is 6.54 Å². The molecular formula is C12H11BrN2O2. The van der Waals surface area contributed by atoms with Gasteiger partial charge in [-0.2, -0.15) is 0 Å². The highest BCUT2D eigenvalue weighted by molar-refractivity contribution is 9.10. The summed E-state index contributed by atoms with van der Waals surface area (Å²) in [5.41, 5.74) is 1.16. The van der Waals surface area contributed by atoms with E-state index in [9.17, 15) is 9.59 Å². The number of likely N-dealkylation sites (N-methyl/N-ethyl adjacent to an activating group) is 1. The third kappa shape index (κ3) is 2.24. The first-order valence-corrected chi connectivity index (χ1v) is 6.02. The van der Waals surface area contributed by atoms with E-state index < -0.39 is 0 Å².